The Bertz CT molecular complexity index is 669. The van der Waals surface area contributed by atoms with E-state index in [1.807, 2.05) is 13.8 Å². The molecule has 0 saturated carbocycles. The zero-order valence-corrected chi connectivity index (χ0v) is 17.7. The fraction of sp³-hybridized carbons (Fsp3) is 0.500. The summed E-state index contributed by atoms with van der Waals surface area (Å²) in [7, 11) is 0. The normalized spacial score (nSPS) is 11.3. The minimum Gasteiger partial charge on any atom is -0.357 e. The summed E-state index contributed by atoms with van der Waals surface area (Å²) in [6, 6.07) is 8.39. The number of guanidine groups is 1. The molecule has 0 unspecified atom stereocenters. The highest BCUT2D eigenvalue weighted by molar-refractivity contribution is 14.0. The van der Waals surface area contributed by atoms with Gasteiger partial charge in [-0.15, -0.1) is 24.0 Å². The van der Waals surface area contributed by atoms with Crippen molar-refractivity contribution in [1.29, 1.82) is 0 Å². The van der Waals surface area contributed by atoms with Crippen molar-refractivity contribution in [1.82, 2.24) is 20.8 Å². The largest absolute Gasteiger partial charge is 0.357 e. The molecule has 0 aliphatic rings. The summed E-state index contributed by atoms with van der Waals surface area (Å²) in [4.78, 5) is 9.00. The Hall–Kier alpha value is -1.64. The van der Waals surface area contributed by atoms with Crippen molar-refractivity contribution in [3.05, 3.63) is 47.1 Å². The average molecular weight is 457 g/mol. The first-order valence-electron chi connectivity index (χ1n) is 8.48. The maximum absolute atomic E-state index is 5.25. The van der Waals surface area contributed by atoms with E-state index in [4.69, 9.17) is 4.52 Å². The molecular weight excluding hydrogens is 429 g/mol. The lowest BCUT2D eigenvalue weighted by Crippen LogP contribution is -2.38. The topological polar surface area (TPSA) is 75.3 Å². The Labute approximate surface area is 166 Å². The van der Waals surface area contributed by atoms with Gasteiger partial charge in [0.25, 0.3) is 0 Å². The highest BCUT2D eigenvalue weighted by Crippen LogP contribution is 2.09. The van der Waals surface area contributed by atoms with Crippen molar-refractivity contribution in [3.8, 4) is 0 Å². The fourth-order valence-electron chi connectivity index (χ4n) is 2.21. The van der Waals surface area contributed by atoms with Gasteiger partial charge in [-0.3, -0.25) is 0 Å². The van der Waals surface area contributed by atoms with E-state index in [1.165, 1.54) is 11.1 Å². The molecule has 2 N–H and O–H groups in total. The molecule has 1 aromatic heterocycles. The molecule has 0 fully saturated rings. The molecular formula is C18H28IN5O. The van der Waals surface area contributed by atoms with Crippen molar-refractivity contribution < 1.29 is 4.52 Å². The molecule has 138 valence electrons. The van der Waals surface area contributed by atoms with Crippen molar-refractivity contribution in [2.24, 2.45) is 4.99 Å². The third-order valence-electron chi connectivity index (χ3n) is 3.48. The van der Waals surface area contributed by atoms with Crippen LogP contribution in [-0.2, 0) is 13.0 Å². The number of aromatic nitrogens is 2. The molecule has 0 spiro atoms. The summed E-state index contributed by atoms with van der Waals surface area (Å²) < 4.78 is 5.25. The van der Waals surface area contributed by atoms with Crippen LogP contribution in [0.15, 0.2) is 33.8 Å². The maximum atomic E-state index is 5.25. The van der Waals surface area contributed by atoms with Gasteiger partial charge in [-0.2, -0.15) is 4.98 Å². The van der Waals surface area contributed by atoms with Crippen molar-refractivity contribution >= 4 is 29.9 Å². The molecule has 0 amide bonds. The smallest absolute Gasteiger partial charge is 0.228 e. The number of nitrogens with zero attached hydrogens (tertiary/aromatic N) is 3. The van der Waals surface area contributed by atoms with E-state index in [-0.39, 0.29) is 29.9 Å². The van der Waals surface area contributed by atoms with Gasteiger partial charge < -0.3 is 15.2 Å². The van der Waals surface area contributed by atoms with Crippen molar-refractivity contribution in [3.63, 3.8) is 0 Å². The molecule has 0 aliphatic carbocycles. The van der Waals surface area contributed by atoms with Crippen LogP contribution >= 0.6 is 24.0 Å². The van der Waals surface area contributed by atoms with E-state index < -0.39 is 0 Å². The minimum absolute atomic E-state index is 0. The standard InChI is InChI=1S/C18H27N5O.HI/c1-5-19-18(21-12-15-8-6-7-14(4)11-15)20-10-9-16-22-17(13(2)3)23-24-16;/h6-8,11,13H,5,9-10,12H2,1-4H3,(H2,19,20,21);1H. The molecule has 7 heteroatoms. The number of aliphatic imine (C=N–C) groups is 1. The first-order chi connectivity index (χ1) is 11.6. The number of hydrogen-bond donors (Lipinski definition) is 2. The highest BCUT2D eigenvalue weighted by Gasteiger charge is 2.09. The van der Waals surface area contributed by atoms with Crippen molar-refractivity contribution in [2.75, 3.05) is 13.1 Å². The van der Waals surface area contributed by atoms with Crippen molar-refractivity contribution in [2.45, 2.75) is 46.6 Å². The van der Waals surface area contributed by atoms with Gasteiger partial charge in [0.2, 0.25) is 5.89 Å². The van der Waals surface area contributed by atoms with Gasteiger partial charge in [-0.05, 0) is 19.4 Å². The Balaban J connectivity index is 0.00000312. The van der Waals surface area contributed by atoms with E-state index in [9.17, 15) is 0 Å². The number of hydrogen-bond acceptors (Lipinski definition) is 4. The first-order valence-corrected chi connectivity index (χ1v) is 8.48. The van der Waals surface area contributed by atoms with Crippen LogP contribution in [0.1, 0.15) is 49.5 Å². The van der Waals surface area contributed by atoms with Gasteiger partial charge in [0.15, 0.2) is 11.8 Å². The number of nitrogens with one attached hydrogen (secondary N) is 2. The lowest BCUT2D eigenvalue weighted by atomic mass is 10.1. The number of halogens is 1. The zero-order valence-electron chi connectivity index (χ0n) is 15.4. The van der Waals surface area contributed by atoms with E-state index in [0.717, 1.165) is 18.3 Å². The molecule has 2 aromatic rings. The SMILES string of the molecule is CCNC(=NCc1cccc(C)c1)NCCc1nc(C(C)C)no1.I. The lowest BCUT2D eigenvalue weighted by Gasteiger charge is -2.10. The third-order valence-corrected chi connectivity index (χ3v) is 3.48. The van der Waals surface area contributed by atoms with Crippen LogP contribution in [0.2, 0.25) is 0 Å². The van der Waals surface area contributed by atoms with Crippen LogP contribution in [0, 0.1) is 6.92 Å². The van der Waals surface area contributed by atoms with E-state index in [0.29, 0.717) is 25.4 Å². The van der Waals surface area contributed by atoms with Gasteiger partial charge in [0.05, 0.1) is 6.54 Å². The van der Waals surface area contributed by atoms with E-state index >= 15 is 0 Å². The second-order valence-corrected chi connectivity index (χ2v) is 6.06. The predicted molar refractivity (Wildman–Crippen MR) is 112 cm³/mol. The highest BCUT2D eigenvalue weighted by atomic mass is 127. The first kappa shape index (κ1) is 21.4. The summed E-state index contributed by atoms with van der Waals surface area (Å²) in [6.07, 6.45) is 0.675. The zero-order chi connectivity index (χ0) is 17.4. The van der Waals surface area contributed by atoms with Crippen LogP contribution in [0.4, 0.5) is 0 Å². The molecule has 1 aromatic carbocycles. The van der Waals surface area contributed by atoms with Gasteiger partial charge in [0.1, 0.15) is 0 Å². The summed E-state index contributed by atoms with van der Waals surface area (Å²) in [5.41, 5.74) is 2.45. The Morgan fingerprint density at radius 1 is 1.28 bits per heavy atom. The van der Waals surface area contributed by atoms with Gasteiger partial charge in [-0.25, -0.2) is 4.99 Å². The van der Waals surface area contributed by atoms with Crippen LogP contribution < -0.4 is 10.6 Å². The molecule has 2 rings (SSSR count). The molecule has 0 atom stereocenters. The summed E-state index contributed by atoms with van der Waals surface area (Å²) in [5.74, 6) is 2.48. The summed E-state index contributed by atoms with van der Waals surface area (Å²) >= 11 is 0. The number of aryl methyl sites for hydroxylation is 1. The second-order valence-electron chi connectivity index (χ2n) is 6.06. The molecule has 1 heterocycles. The van der Waals surface area contributed by atoms with E-state index in [2.05, 4.69) is 63.9 Å². The third kappa shape index (κ3) is 7.41. The van der Waals surface area contributed by atoms with Gasteiger partial charge in [0, 0.05) is 25.4 Å². The van der Waals surface area contributed by atoms with Crippen LogP contribution in [-0.4, -0.2) is 29.2 Å². The monoisotopic (exact) mass is 457 g/mol. The average Bonchev–Trinajstić information content (AvgIpc) is 3.02. The number of benzene rings is 1. The van der Waals surface area contributed by atoms with Crippen LogP contribution in [0.3, 0.4) is 0 Å². The fourth-order valence-corrected chi connectivity index (χ4v) is 2.21. The molecule has 6 nitrogen and oxygen atoms in total. The van der Waals surface area contributed by atoms with E-state index in [1.54, 1.807) is 0 Å². The van der Waals surface area contributed by atoms with Gasteiger partial charge >= 0.3 is 0 Å². The summed E-state index contributed by atoms with van der Waals surface area (Å²) in [6.45, 7) is 10.4. The molecule has 0 radical (unpaired) electrons. The molecule has 25 heavy (non-hydrogen) atoms. The molecule has 0 saturated heterocycles. The quantitative estimate of drug-likeness (QED) is 0.379. The molecule has 0 aliphatic heterocycles. The summed E-state index contributed by atoms with van der Waals surface area (Å²) in [5, 5.41) is 10.5. The Morgan fingerprint density at radius 2 is 2.08 bits per heavy atom. The minimum atomic E-state index is 0. The lowest BCUT2D eigenvalue weighted by molar-refractivity contribution is 0.371. The van der Waals surface area contributed by atoms with Crippen LogP contribution in [0.25, 0.3) is 0 Å². The number of rotatable bonds is 7. The predicted octanol–water partition coefficient (Wildman–Crippen LogP) is 3.42. The Kier molecular flexibility index (Phi) is 9.48. The Morgan fingerprint density at radius 3 is 2.72 bits per heavy atom. The molecule has 0 bridgehead atoms. The second kappa shape index (κ2) is 11.1. The maximum Gasteiger partial charge on any atom is 0.228 e. The van der Waals surface area contributed by atoms with Gasteiger partial charge in [-0.1, -0.05) is 48.8 Å². The van der Waals surface area contributed by atoms with Crippen LogP contribution in [0.5, 0.6) is 0 Å².